The zero-order valence-electron chi connectivity index (χ0n) is 9.10. The number of hydrogen-bond acceptors (Lipinski definition) is 5. The maximum absolute atomic E-state index is 9.84. The minimum Gasteiger partial charge on any atom is -0.394 e. The molecular formula is C12H15O5. The summed E-state index contributed by atoms with van der Waals surface area (Å²) in [6.07, 6.45) is -5.60. The van der Waals surface area contributed by atoms with Gasteiger partial charge >= 0.3 is 0 Å². The molecule has 5 heteroatoms. The van der Waals surface area contributed by atoms with Gasteiger partial charge in [0.15, 0.2) is 0 Å². The fourth-order valence-electron chi connectivity index (χ4n) is 1.94. The third kappa shape index (κ3) is 2.34. The molecule has 5 nitrogen and oxygen atoms in total. The van der Waals surface area contributed by atoms with Gasteiger partial charge in [-0.15, -0.1) is 0 Å². The second-order valence-corrected chi connectivity index (χ2v) is 4.07. The number of aliphatic hydroxyl groups is 4. The van der Waals surface area contributed by atoms with Crippen molar-refractivity contribution >= 4 is 0 Å². The van der Waals surface area contributed by atoms with E-state index in [1.54, 1.807) is 24.3 Å². The average Bonchev–Trinajstić information content (AvgIpc) is 2.37. The molecule has 0 aliphatic carbocycles. The topological polar surface area (TPSA) is 90.2 Å². The molecule has 1 aliphatic rings. The highest BCUT2D eigenvalue weighted by atomic mass is 16.5. The van der Waals surface area contributed by atoms with Gasteiger partial charge in [-0.1, -0.05) is 24.3 Å². The van der Waals surface area contributed by atoms with Crippen LogP contribution in [0.2, 0.25) is 0 Å². The molecule has 1 aromatic rings. The van der Waals surface area contributed by atoms with Gasteiger partial charge in [-0.2, -0.15) is 0 Å². The number of benzene rings is 1. The quantitative estimate of drug-likeness (QED) is 0.531. The largest absolute Gasteiger partial charge is 0.394 e. The van der Waals surface area contributed by atoms with Crippen molar-refractivity contribution in [2.24, 2.45) is 0 Å². The van der Waals surface area contributed by atoms with E-state index in [2.05, 4.69) is 6.07 Å². The maximum atomic E-state index is 9.84. The van der Waals surface area contributed by atoms with Gasteiger partial charge < -0.3 is 25.2 Å². The Morgan fingerprint density at radius 3 is 2.47 bits per heavy atom. The summed E-state index contributed by atoms with van der Waals surface area (Å²) in [5, 5.41) is 38.1. The van der Waals surface area contributed by atoms with Gasteiger partial charge in [-0.3, -0.25) is 0 Å². The lowest BCUT2D eigenvalue weighted by Crippen LogP contribution is -2.55. The van der Waals surface area contributed by atoms with Crippen molar-refractivity contribution in [3.8, 4) is 0 Å². The summed E-state index contributed by atoms with van der Waals surface area (Å²) in [7, 11) is 0. The van der Waals surface area contributed by atoms with E-state index in [-0.39, 0.29) is 0 Å². The van der Waals surface area contributed by atoms with E-state index in [0.717, 1.165) is 0 Å². The Kier molecular flexibility index (Phi) is 3.76. The zero-order chi connectivity index (χ0) is 12.4. The van der Waals surface area contributed by atoms with Gasteiger partial charge in [0.25, 0.3) is 0 Å². The Bertz CT molecular complexity index is 353. The molecule has 1 saturated heterocycles. The van der Waals surface area contributed by atoms with Crippen molar-refractivity contribution in [2.45, 2.75) is 30.5 Å². The molecule has 1 unspecified atom stereocenters. The van der Waals surface area contributed by atoms with Crippen molar-refractivity contribution in [3.05, 3.63) is 35.9 Å². The first-order valence-electron chi connectivity index (χ1n) is 5.42. The summed E-state index contributed by atoms with van der Waals surface area (Å²) >= 11 is 0. The Hall–Kier alpha value is -0.980. The second kappa shape index (κ2) is 5.12. The molecule has 1 aliphatic heterocycles. The monoisotopic (exact) mass is 239 g/mol. The molecule has 1 fully saturated rings. The number of aliphatic hydroxyl groups excluding tert-OH is 4. The van der Waals surface area contributed by atoms with E-state index in [1.807, 2.05) is 0 Å². The van der Waals surface area contributed by atoms with Gasteiger partial charge in [0, 0.05) is 0 Å². The van der Waals surface area contributed by atoms with Gasteiger partial charge in [0.2, 0.25) is 0 Å². The fourth-order valence-corrected chi connectivity index (χ4v) is 1.94. The standard InChI is InChI=1S/C12H15O5/c13-6-8-9(14)10(15)11(16)12(17-8)7-4-2-1-3-5-7/h1-4,8-16H,6H2/t8-,9+,10+,11-,12?/m1/s1. The van der Waals surface area contributed by atoms with Crippen LogP contribution in [-0.2, 0) is 4.74 Å². The molecular weight excluding hydrogens is 224 g/mol. The van der Waals surface area contributed by atoms with Crippen molar-refractivity contribution in [3.63, 3.8) is 0 Å². The third-order valence-electron chi connectivity index (χ3n) is 2.93. The summed E-state index contributed by atoms with van der Waals surface area (Å²) < 4.78 is 5.38. The van der Waals surface area contributed by atoms with E-state index >= 15 is 0 Å². The Morgan fingerprint density at radius 2 is 1.88 bits per heavy atom. The first kappa shape index (κ1) is 12.5. The molecule has 1 aromatic carbocycles. The second-order valence-electron chi connectivity index (χ2n) is 4.07. The van der Waals surface area contributed by atoms with Crippen LogP contribution in [0.15, 0.2) is 24.3 Å². The molecule has 4 N–H and O–H groups in total. The molecule has 17 heavy (non-hydrogen) atoms. The van der Waals surface area contributed by atoms with Crippen LogP contribution >= 0.6 is 0 Å². The predicted molar refractivity (Wildman–Crippen MR) is 58.0 cm³/mol. The number of rotatable bonds is 2. The summed E-state index contributed by atoms with van der Waals surface area (Å²) in [5.41, 5.74) is 0.574. The molecule has 0 bridgehead atoms. The number of hydrogen-bond donors (Lipinski definition) is 4. The summed E-state index contributed by atoms with van der Waals surface area (Å²) in [6, 6.07) is 9.78. The molecule has 0 amide bonds. The van der Waals surface area contributed by atoms with E-state index in [1.165, 1.54) is 0 Å². The lowest BCUT2D eigenvalue weighted by Gasteiger charge is -2.40. The van der Waals surface area contributed by atoms with Crippen molar-refractivity contribution in [1.82, 2.24) is 0 Å². The molecule has 1 heterocycles. The van der Waals surface area contributed by atoms with Crippen molar-refractivity contribution in [2.75, 3.05) is 6.61 Å². The van der Waals surface area contributed by atoms with E-state index in [9.17, 15) is 15.3 Å². The summed E-state index contributed by atoms with van der Waals surface area (Å²) in [4.78, 5) is 0. The van der Waals surface area contributed by atoms with E-state index < -0.39 is 37.1 Å². The highest BCUT2D eigenvalue weighted by Crippen LogP contribution is 2.31. The Labute approximate surface area is 98.9 Å². The molecule has 1 radical (unpaired) electrons. The first-order valence-corrected chi connectivity index (χ1v) is 5.42. The molecule has 93 valence electrons. The minimum atomic E-state index is -1.35. The highest BCUT2D eigenvalue weighted by molar-refractivity contribution is 5.19. The van der Waals surface area contributed by atoms with E-state index in [0.29, 0.717) is 5.56 Å². The van der Waals surface area contributed by atoms with Crippen LogP contribution in [0.3, 0.4) is 0 Å². The van der Waals surface area contributed by atoms with Gasteiger partial charge in [-0.05, 0) is 11.6 Å². The molecule has 2 rings (SSSR count). The van der Waals surface area contributed by atoms with Crippen LogP contribution in [0.1, 0.15) is 11.7 Å². The molecule has 5 atom stereocenters. The fraction of sp³-hybridized carbons (Fsp3) is 0.500. The predicted octanol–water partition coefficient (Wildman–Crippen LogP) is -0.998. The maximum Gasteiger partial charge on any atom is 0.113 e. The molecule has 0 saturated carbocycles. The SMILES string of the molecule is OC[C@H]1OC(c2[c]cccc2)[C@H](O)[C@@H](O)[C@H]1O. The normalized spacial score (nSPS) is 38.0. The first-order chi connectivity index (χ1) is 8.15. The van der Waals surface area contributed by atoms with Crippen LogP contribution in [0.5, 0.6) is 0 Å². The van der Waals surface area contributed by atoms with Crippen LogP contribution in [-0.4, -0.2) is 51.4 Å². The molecule has 0 spiro atoms. The zero-order valence-corrected chi connectivity index (χ0v) is 9.10. The van der Waals surface area contributed by atoms with Crippen molar-refractivity contribution in [1.29, 1.82) is 0 Å². The van der Waals surface area contributed by atoms with Gasteiger partial charge in [0.05, 0.1) is 6.61 Å². The van der Waals surface area contributed by atoms with Crippen molar-refractivity contribution < 1.29 is 25.2 Å². The van der Waals surface area contributed by atoms with Crippen LogP contribution in [0.25, 0.3) is 0 Å². The van der Waals surface area contributed by atoms with Crippen LogP contribution in [0, 0.1) is 6.07 Å². The smallest absolute Gasteiger partial charge is 0.113 e. The van der Waals surface area contributed by atoms with E-state index in [4.69, 9.17) is 9.84 Å². The van der Waals surface area contributed by atoms with Crippen LogP contribution in [0.4, 0.5) is 0 Å². The summed E-state index contributed by atoms with van der Waals surface area (Å²) in [5.74, 6) is 0. The Morgan fingerprint density at radius 1 is 1.12 bits per heavy atom. The lowest BCUT2D eigenvalue weighted by molar-refractivity contribution is -0.231. The van der Waals surface area contributed by atoms with Gasteiger partial charge in [-0.25, -0.2) is 0 Å². The highest BCUT2D eigenvalue weighted by Gasteiger charge is 2.43. The minimum absolute atomic E-state index is 0.422. The number of ether oxygens (including phenoxy) is 1. The molecule has 0 aromatic heterocycles. The average molecular weight is 239 g/mol. The lowest BCUT2D eigenvalue weighted by atomic mass is 9.91. The Balaban J connectivity index is 2.23. The van der Waals surface area contributed by atoms with Crippen LogP contribution < -0.4 is 0 Å². The summed E-state index contributed by atoms with van der Waals surface area (Å²) in [6.45, 7) is -0.422. The van der Waals surface area contributed by atoms with Gasteiger partial charge in [0.1, 0.15) is 30.5 Å². The third-order valence-corrected chi connectivity index (χ3v) is 2.93.